The summed E-state index contributed by atoms with van der Waals surface area (Å²) in [5.41, 5.74) is 0.289. The fourth-order valence-electron chi connectivity index (χ4n) is 1.78. The predicted molar refractivity (Wildman–Crippen MR) is 70.5 cm³/mol. The van der Waals surface area contributed by atoms with Crippen LogP contribution in [-0.4, -0.2) is 33.0 Å². The monoisotopic (exact) mass is 249 g/mol. The molecule has 0 aliphatic rings. The minimum Gasteiger partial charge on any atom is -0.317 e. The summed E-state index contributed by atoms with van der Waals surface area (Å²) in [7, 11) is -0.846. The lowest BCUT2D eigenvalue weighted by Crippen LogP contribution is -2.30. The molecule has 4 heteroatoms. The zero-order valence-electron chi connectivity index (χ0n) is 11.3. The summed E-state index contributed by atoms with van der Waals surface area (Å²) in [5.74, 6) is 0.586. The molecule has 0 fully saturated rings. The maximum absolute atomic E-state index is 11.3. The van der Waals surface area contributed by atoms with Gasteiger partial charge in [0.05, 0.1) is 5.75 Å². The molecule has 0 aromatic carbocycles. The van der Waals surface area contributed by atoms with Crippen molar-refractivity contribution in [3.63, 3.8) is 0 Å². The van der Waals surface area contributed by atoms with Gasteiger partial charge in [0, 0.05) is 11.8 Å². The van der Waals surface area contributed by atoms with Crippen LogP contribution in [0.4, 0.5) is 0 Å². The van der Waals surface area contributed by atoms with Crippen LogP contribution >= 0.6 is 0 Å². The van der Waals surface area contributed by atoms with Gasteiger partial charge in [-0.15, -0.1) is 0 Å². The molecule has 0 aromatic heterocycles. The lowest BCUT2D eigenvalue weighted by atomic mass is 9.87. The average Bonchev–Trinajstić information content (AvgIpc) is 2.14. The standard InChI is InChI=1S/C12H27NO2S/c1-6-16(14,15)9-7-8-11(13-5)10-12(2,3)4/h11,13H,6-10H2,1-5H3. The third kappa shape index (κ3) is 8.11. The van der Waals surface area contributed by atoms with Crippen LogP contribution in [0.3, 0.4) is 0 Å². The Bertz CT molecular complexity index is 278. The summed E-state index contributed by atoms with van der Waals surface area (Å²) in [6.45, 7) is 8.33. The number of nitrogens with one attached hydrogen (secondary N) is 1. The van der Waals surface area contributed by atoms with E-state index in [-0.39, 0.29) is 11.2 Å². The van der Waals surface area contributed by atoms with E-state index in [1.165, 1.54) is 0 Å². The van der Waals surface area contributed by atoms with Crippen molar-refractivity contribution in [2.45, 2.75) is 53.0 Å². The van der Waals surface area contributed by atoms with Crippen LogP contribution in [0.5, 0.6) is 0 Å². The van der Waals surface area contributed by atoms with E-state index < -0.39 is 9.84 Å². The summed E-state index contributed by atoms with van der Waals surface area (Å²) in [5, 5.41) is 3.27. The Morgan fingerprint density at radius 2 is 1.81 bits per heavy atom. The van der Waals surface area contributed by atoms with Gasteiger partial charge >= 0.3 is 0 Å². The first kappa shape index (κ1) is 15.9. The number of hydrogen-bond donors (Lipinski definition) is 1. The van der Waals surface area contributed by atoms with Crippen LogP contribution in [0, 0.1) is 5.41 Å². The highest BCUT2D eigenvalue weighted by molar-refractivity contribution is 7.91. The average molecular weight is 249 g/mol. The van der Waals surface area contributed by atoms with E-state index in [9.17, 15) is 8.42 Å². The van der Waals surface area contributed by atoms with Gasteiger partial charge in [-0.1, -0.05) is 27.7 Å². The third-order valence-electron chi connectivity index (χ3n) is 2.71. The van der Waals surface area contributed by atoms with Crippen molar-refractivity contribution in [2.75, 3.05) is 18.6 Å². The van der Waals surface area contributed by atoms with Gasteiger partial charge in [0.25, 0.3) is 0 Å². The van der Waals surface area contributed by atoms with Crippen molar-refractivity contribution in [1.29, 1.82) is 0 Å². The van der Waals surface area contributed by atoms with E-state index >= 15 is 0 Å². The minimum absolute atomic E-state index is 0.260. The topological polar surface area (TPSA) is 46.2 Å². The molecular weight excluding hydrogens is 222 g/mol. The SMILES string of the molecule is CCS(=O)(=O)CCCC(CC(C)(C)C)NC. The van der Waals surface area contributed by atoms with Crippen molar-refractivity contribution in [3.8, 4) is 0 Å². The summed E-state index contributed by atoms with van der Waals surface area (Å²) >= 11 is 0. The van der Waals surface area contributed by atoms with E-state index in [0.717, 1.165) is 19.3 Å². The van der Waals surface area contributed by atoms with Gasteiger partial charge in [-0.25, -0.2) is 8.42 Å². The molecule has 0 saturated carbocycles. The zero-order chi connectivity index (χ0) is 12.8. The van der Waals surface area contributed by atoms with Crippen molar-refractivity contribution in [1.82, 2.24) is 5.32 Å². The molecule has 16 heavy (non-hydrogen) atoms. The Labute approximate surface area is 101 Å². The molecule has 0 aromatic rings. The van der Waals surface area contributed by atoms with Crippen LogP contribution in [0.15, 0.2) is 0 Å². The van der Waals surface area contributed by atoms with Crippen LogP contribution in [-0.2, 0) is 9.84 Å². The van der Waals surface area contributed by atoms with Gasteiger partial charge in [-0.05, 0) is 31.7 Å². The Balaban J connectivity index is 3.98. The molecule has 98 valence electrons. The second kappa shape index (κ2) is 6.60. The van der Waals surface area contributed by atoms with Gasteiger partial charge in [-0.2, -0.15) is 0 Å². The first-order chi connectivity index (χ1) is 7.20. The maximum Gasteiger partial charge on any atom is 0.150 e. The van der Waals surface area contributed by atoms with E-state index in [2.05, 4.69) is 26.1 Å². The lowest BCUT2D eigenvalue weighted by Gasteiger charge is -2.25. The smallest absolute Gasteiger partial charge is 0.150 e. The van der Waals surface area contributed by atoms with Gasteiger partial charge in [0.15, 0.2) is 0 Å². The Morgan fingerprint density at radius 3 is 2.19 bits per heavy atom. The zero-order valence-corrected chi connectivity index (χ0v) is 12.2. The highest BCUT2D eigenvalue weighted by atomic mass is 32.2. The highest BCUT2D eigenvalue weighted by Gasteiger charge is 2.18. The quantitative estimate of drug-likeness (QED) is 0.752. The molecule has 0 radical (unpaired) electrons. The second-order valence-corrected chi connectivity index (χ2v) is 8.10. The Morgan fingerprint density at radius 1 is 1.25 bits per heavy atom. The van der Waals surface area contributed by atoms with Crippen LogP contribution in [0.1, 0.15) is 47.0 Å². The third-order valence-corrected chi connectivity index (χ3v) is 4.51. The van der Waals surface area contributed by atoms with Crippen LogP contribution in [0.2, 0.25) is 0 Å². The highest BCUT2D eigenvalue weighted by Crippen LogP contribution is 2.22. The molecule has 0 bridgehead atoms. The van der Waals surface area contributed by atoms with Gasteiger partial charge in [-0.3, -0.25) is 0 Å². The molecule has 0 aliphatic heterocycles. The molecule has 3 nitrogen and oxygen atoms in total. The van der Waals surface area contributed by atoms with Crippen molar-refractivity contribution in [2.24, 2.45) is 5.41 Å². The van der Waals surface area contributed by atoms with Gasteiger partial charge < -0.3 is 5.32 Å². The fourth-order valence-corrected chi connectivity index (χ4v) is 2.68. The number of rotatable bonds is 7. The Hall–Kier alpha value is -0.0900. The van der Waals surface area contributed by atoms with E-state index in [1.54, 1.807) is 6.92 Å². The van der Waals surface area contributed by atoms with Crippen molar-refractivity contribution < 1.29 is 8.42 Å². The van der Waals surface area contributed by atoms with E-state index in [0.29, 0.717) is 11.8 Å². The van der Waals surface area contributed by atoms with Crippen LogP contribution < -0.4 is 5.32 Å². The summed E-state index contributed by atoms with van der Waals surface area (Å²) in [6, 6.07) is 0.423. The number of hydrogen-bond acceptors (Lipinski definition) is 3. The van der Waals surface area contributed by atoms with E-state index in [1.807, 2.05) is 7.05 Å². The molecule has 1 N–H and O–H groups in total. The first-order valence-electron chi connectivity index (χ1n) is 6.08. The van der Waals surface area contributed by atoms with Crippen molar-refractivity contribution >= 4 is 9.84 Å². The van der Waals surface area contributed by atoms with Gasteiger partial charge in [0.1, 0.15) is 9.84 Å². The lowest BCUT2D eigenvalue weighted by molar-refractivity contribution is 0.306. The molecule has 1 atom stereocenters. The maximum atomic E-state index is 11.3. The fraction of sp³-hybridized carbons (Fsp3) is 1.00. The first-order valence-corrected chi connectivity index (χ1v) is 7.90. The van der Waals surface area contributed by atoms with Gasteiger partial charge in [0.2, 0.25) is 0 Å². The molecule has 0 saturated heterocycles. The summed E-state index contributed by atoms with van der Waals surface area (Å²) in [6.07, 6.45) is 2.78. The summed E-state index contributed by atoms with van der Waals surface area (Å²) < 4.78 is 22.7. The minimum atomic E-state index is -2.79. The normalized spacial score (nSPS) is 15.1. The molecule has 0 spiro atoms. The molecule has 0 heterocycles. The summed E-state index contributed by atoms with van der Waals surface area (Å²) in [4.78, 5) is 0. The number of sulfone groups is 1. The predicted octanol–water partition coefficient (Wildman–Crippen LogP) is 2.23. The molecule has 0 aliphatic carbocycles. The molecule has 0 rings (SSSR count). The molecular formula is C12H27NO2S. The van der Waals surface area contributed by atoms with E-state index in [4.69, 9.17) is 0 Å². The Kier molecular flexibility index (Phi) is 6.56. The largest absolute Gasteiger partial charge is 0.317 e. The van der Waals surface area contributed by atoms with Crippen LogP contribution in [0.25, 0.3) is 0 Å². The second-order valence-electron chi connectivity index (χ2n) is 5.63. The van der Waals surface area contributed by atoms with Crippen molar-refractivity contribution in [3.05, 3.63) is 0 Å². The molecule has 0 amide bonds. The molecule has 1 unspecified atom stereocenters.